The van der Waals surface area contributed by atoms with Crippen molar-refractivity contribution in [2.24, 2.45) is 17.8 Å². The molecule has 0 fully saturated rings. The zero-order chi connectivity index (χ0) is 11.9. The molecule has 0 unspecified atom stereocenters. The van der Waals surface area contributed by atoms with E-state index >= 15 is 0 Å². The van der Waals surface area contributed by atoms with Gasteiger partial charge in [-0.05, 0) is 50.5 Å². The predicted octanol–water partition coefficient (Wildman–Crippen LogP) is 3.70. The van der Waals surface area contributed by atoms with Gasteiger partial charge in [-0.3, -0.25) is 0 Å². The van der Waals surface area contributed by atoms with Crippen LogP contribution in [0.25, 0.3) is 0 Å². The van der Waals surface area contributed by atoms with Gasteiger partial charge in [0, 0.05) is 5.92 Å². The molecular formula is C15H24O. The topological polar surface area (TPSA) is 20.2 Å². The third-order valence-electron chi connectivity index (χ3n) is 4.46. The van der Waals surface area contributed by atoms with Crippen molar-refractivity contribution in [3.8, 4) is 0 Å². The first-order chi connectivity index (χ1) is 7.45. The zero-order valence-electron chi connectivity index (χ0n) is 11.0. The Morgan fingerprint density at radius 3 is 2.62 bits per heavy atom. The molecule has 2 aliphatic rings. The van der Waals surface area contributed by atoms with Gasteiger partial charge < -0.3 is 5.11 Å². The summed E-state index contributed by atoms with van der Waals surface area (Å²) >= 11 is 0. The lowest BCUT2D eigenvalue weighted by molar-refractivity contribution is -0.0214. The average Bonchev–Trinajstić information content (AvgIpc) is 2.54. The molecule has 1 heteroatoms. The molecule has 3 atom stereocenters. The minimum atomic E-state index is -0.550. The number of aliphatic hydroxyl groups is 1. The quantitative estimate of drug-likeness (QED) is 0.704. The van der Waals surface area contributed by atoms with Gasteiger partial charge >= 0.3 is 0 Å². The smallest absolute Gasteiger partial charge is 0.0893 e. The second-order valence-electron chi connectivity index (χ2n) is 6.04. The Morgan fingerprint density at radius 2 is 2.00 bits per heavy atom. The summed E-state index contributed by atoms with van der Waals surface area (Å²) in [5.74, 6) is 1.57. The van der Waals surface area contributed by atoms with Crippen LogP contribution in [0.1, 0.15) is 47.0 Å². The van der Waals surface area contributed by atoms with Crippen molar-refractivity contribution in [3.63, 3.8) is 0 Å². The summed E-state index contributed by atoms with van der Waals surface area (Å²) in [7, 11) is 0. The largest absolute Gasteiger partial charge is 0.385 e. The van der Waals surface area contributed by atoms with Crippen LogP contribution in [0.4, 0.5) is 0 Å². The summed E-state index contributed by atoms with van der Waals surface area (Å²) in [6.07, 6.45) is 7.67. The molecule has 0 aromatic carbocycles. The number of fused-ring (bicyclic) bond motifs is 1. The molecule has 0 radical (unpaired) electrons. The maximum absolute atomic E-state index is 11.0. The van der Waals surface area contributed by atoms with E-state index in [4.69, 9.17) is 0 Å². The maximum Gasteiger partial charge on any atom is 0.0893 e. The molecule has 90 valence electrons. The molecule has 0 aromatic rings. The van der Waals surface area contributed by atoms with E-state index in [0.29, 0.717) is 17.8 Å². The molecule has 2 aliphatic carbocycles. The minimum absolute atomic E-state index is 0.430. The van der Waals surface area contributed by atoms with Crippen molar-refractivity contribution in [3.05, 3.63) is 23.3 Å². The van der Waals surface area contributed by atoms with Crippen molar-refractivity contribution in [1.29, 1.82) is 0 Å². The van der Waals surface area contributed by atoms with Crippen LogP contribution < -0.4 is 0 Å². The highest BCUT2D eigenvalue weighted by Gasteiger charge is 2.46. The van der Waals surface area contributed by atoms with Gasteiger partial charge in [0.15, 0.2) is 0 Å². The van der Waals surface area contributed by atoms with Crippen molar-refractivity contribution >= 4 is 0 Å². The molecule has 0 heterocycles. The Morgan fingerprint density at radius 1 is 1.31 bits per heavy atom. The van der Waals surface area contributed by atoms with Gasteiger partial charge in [-0.2, -0.15) is 0 Å². The first-order valence-electron chi connectivity index (χ1n) is 6.51. The van der Waals surface area contributed by atoms with Gasteiger partial charge in [-0.15, -0.1) is 0 Å². The van der Waals surface area contributed by atoms with Crippen LogP contribution >= 0.6 is 0 Å². The van der Waals surface area contributed by atoms with Gasteiger partial charge in [-0.1, -0.05) is 31.6 Å². The van der Waals surface area contributed by atoms with Crippen LogP contribution in [0, 0.1) is 17.8 Å². The Balaban J connectivity index is 2.29. The van der Waals surface area contributed by atoms with Crippen molar-refractivity contribution in [2.45, 2.75) is 52.6 Å². The van der Waals surface area contributed by atoms with Gasteiger partial charge in [0.25, 0.3) is 0 Å². The Kier molecular flexibility index (Phi) is 3.00. The summed E-state index contributed by atoms with van der Waals surface area (Å²) in [5.41, 5.74) is 2.13. The van der Waals surface area contributed by atoms with Gasteiger partial charge in [-0.25, -0.2) is 0 Å². The number of rotatable bonds is 2. The highest BCUT2D eigenvalue weighted by atomic mass is 16.3. The first kappa shape index (κ1) is 11.9. The van der Waals surface area contributed by atoms with Gasteiger partial charge in [0.2, 0.25) is 0 Å². The van der Waals surface area contributed by atoms with Crippen LogP contribution in [-0.2, 0) is 0 Å². The van der Waals surface area contributed by atoms with E-state index in [-0.39, 0.29) is 0 Å². The van der Waals surface area contributed by atoms with E-state index in [9.17, 15) is 5.11 Å². The van der Waals surface area contributed by atoms with Crippen LogP contribution in [0.3, 0.4) is 0 Å². The fourth-order valence-electron chi connectivity index (χ4n) is 3.53. The average molecular weight is 220 g/mol. The van der Waals surface area contributed by atoms with Gasteiger partial charge in [0.05, 0.1) is 5.60 Å². The lowest BCUT2D eigenvalue weighted by Crippen LogP contribution is -2.45. The maximum atomic E-state index is 11.0. The van der Waals surface area contributed by atoms with Crippen LogP contribution in [0.2, 0.25) is 0 Å². The lowest BCUT2D eigenvalue weighted by Gasteiger charge is -2.43. The van der Waals surface area contributed by atoms with E-state index in [2.05, 4.69) is 39.8 Å². The number of hydrogen-bond acceptors (Lipinski definition) is 1. The molecule has 1 N–H and O–H groups in total. The second-order valence-corrected chi connectivity index (χ2v) is 6.04. The minimum Gasteiger partial charge on any atom is -0.385 e. The van der Waals surface area contributed by atoms with Crippen LogP contribution in [-0.4, -0.2) is 10.7 Å². The highest BCUT2D eigenvalue weighted by Crippen LogP contribution is 2.49. The van der Waals surface area contributed by atoms with Crippen molar-refractivity contribution in [1.82, 2.24) is 0 Å². The molecule has 0 spiro atoms. The second kappa shape index (κ2) is 4.03. The fraction of sp³-hybridized carbons (Fsp3) is 0.733. The van der Waals surface area contributed by atoms with E-state index in [0.717, 1.165) is 19.3 Å². The molecule has 0 saturated carbocycles. The third-order valence-corrected chi connectivity index (χ3v) is 4.46. The van der Waals surface area contributed by atoms with E-state index in [1.54, 1.807) is 0 Å². The molecule has 16 heavy (non-hydrogen) atoms. The van der Waals surface area contributed by atoms with Crippen LogP contribution in [0.5, 0.6) is 0 Å². The summed E-state index contributed by atoms with van der Waals surface area (Å²) in [6, 6.07) is 0. The molecule has 0 bridgehead atoms. The number of hydrogen-bond donors (Lipinski definition) is 1. The molecule has 0 aliphatic heterocycles. The normalized spacial score (nSPS) is 38.4. The summed E-state index contributed by atoms with van der Waals surface area (Å²) < 4.78 is 0. The van der Waals surface area contributed by atoms with E-state index < -0.39 is 5.60 Å². The Labute approximate surface area is 99.3 Å². The molecule has 0 aromatic heterocycles. The summed E-state index contributed by atoms with van der Waals surface area (Å²) in [5, 5.41) is 11.0. The summed E-state index contributed by atoms with van der Waals surface area (Å²) in [6.45, 7) is 8.72. The molecule has 2 rings (SSSR count). The highest BCUT2D eigenvalue weighted by molar-refractivity contribution is 5.29. The van der Waals surface area contributed by atoms with E-state index in [1.165, 1.54) is 11.1 Å². The standard InChI is InChI=1S/C15H24O/c1-10(2)9-15(16)12(4)6-7-13-11(3)5-8-14(13)15/h5-6,10,13-14,16H,7-9H2,1-4H3/t13-,14-,15+/m0/s1. The third kappa shape index (κ3) is 1.75. The van der Waals surface area contributed by atoms with Crippen molar-refractivity contribution in [2.75, 3.05) is 0 Å². The molecule has 0 saturated heterocycles. The monoisotopic (exact) mass is 220 g/mol. The van der Waals surface area contributed by atoms with Crippen molar-refractivity contribution < 1.29 is 5.11 Å². The first-order valence-corrected chi connectivity index (χ1v) is 6.51. The SMILES string of the molecule is CC1=CC[C@H]2[C@H]1CC=C(C)[C@]2(O)CC(C)C. The fourth-order valence-corrected chi connectivity index (χ4v) is 3.53. The zero-order valence-corrected chi connectivity index (χ0v) is 11.0. The summed E-state index contributed by atoms with van der Waals surface area (Å²) in [4.78, 5) is 0. The Bertz CT molecular complexity index is 337. The Hall–Kier alpha value is -0.560. The lowest BCUT2D eigenvalue weighted by atomic mass is 9.66. The molecule has 0 amide bonds. The molecular weight excluding hydrogens is 196 g/mol. The predicted molar refractivity (Wildman–Crippen MR) is 68.1 cm³/mol. The van der Waals surface area contributed by atoms with Gasteiger partial charge in [0.1, 0.15) is 0 Å². The van der Waals surface area contributed by atoms with Crippen LogP contribution in [0.15, 0.2) is 23.3 Å². The number of allylic oxidation sites excluding steroid dienone is 3. The van der Waals surface area contributed by atoms with E-state index in [1.807, 2.05) is 0 Å². The molecule has 1 nitrogen and oxygen atoms in total.